The van der Waals surface area contributed by atoms with Crippen molar-refractivity contribution in [1.29, 1.82) is 0 Å². The number of halogens is 6. The van der Waals surface area contributed by atoms with Crippen molar-refractivity contribution in [3.8, 4) is 11.5 Å². The summed E-state index contributed by atoms with van der Waals surface area (Å²) in [6, 6.07) is 6.74. The smallest absolute Gasteiger partial charge is 0.508 e. The number of fused-ring (bicyclic) bond motifs is 4. The second-order valence-corrected chi connectivity index (χ2v) is 13.1. The molecule has 0 aromatic heterocycles. The maximum absolute atomic E-state index is 14.3. The summed E-state index contributed by atoms with van der Waals surface area (Å²) in [7, 11) is 0. The number of rotatable bonds is 7. The molecule has 6 atom stereocenters. The molecule has 2 saturated heterocycles. The highest BCUT2D eigenvalue weighted by Gasteiger charge is 2.77. The van der Waals surface area contributed by atoms with Gasteiger partial charge in [-0.1, -0.05) is 11.6 Å². The summed E-state index contributed by atoms with van der Waals surface area (Å²) in [5.74, 6) is -11.4. The van der Waals surface area contributed by atoms with E-state index in [4.69, 9.17) is 28.3 Å². The lowest BCUT2D eigenvalue weighted by Crippen LogP contribution is -2.60. The van der Waals surface area contributed by atoms with Crippen LogP contribution in [0.15, 0.2) is 54.1 Å². The van der Waals surface area contributed by atoms with E-state index in [0.717, 1.165) is 47.4 Å². The minimum Gasteiger partial charge on any atom is -0.508 e. The summed E-state index contributed by atoms with van der Waals surface area (Å²) >= 11 is 14.3. The minimum absolute atomic E-state index is 0.0243. The molecular formula is C31H24Cl2F4N2O8. The van der Waals surface area contributed by atoms with E-state index >= 15 is 0 Å². The number of nitrogens with zero attached hydrogens (tertiary/aromatic N) is 2. The Balaban J connectivity index is 1.51. The van der Waals surface area contributed by atoms with Gasteiger partial charge in [-0.25, -0.2) is 9.29 Å². The van der Waals surface area contributed by atoms with Gasteiger partial charge in [0.25, 0.3) is 11.8 Å². The molecule has 0 radical (unpaired) electrons. The predicted octanol–water partition coefficient (Wildman–Crippen LogP) is 4.86. The first-order valence-corrected chi connectivity index (χ1v) is 15.1. The Labute approximate surface area is 273 Å². The van der Waals surface area contributed by atoms with Crippen LogP contribution in [-0.2, 0) is 24.0 Å². The molecule has 0 bridgehead atoms. The molecule has 16 heteroatoms. The second kappa shape index (κ2) is 11.2. The van der Waals surface area contributed by atoms with E-state index in [-0.39, 0.29) is 42.6 Å². The number of phenols is 1. The zero-order valence-corrected chi connectivity index (χ0v) is 25.5. The number of hydrogen-bond donors (Lipinski definition) is 2. The van der Waals surface area contributed by atoms with E-state index in [1.54, 1.807) is 0 Å². The molecule has 10 nitrogen and oxygen atoms in total. The van der Waals surface area contributed by atoms with Crippen molar-refractivity contribution in [3.05, 3.63) is 65.5 Å². The van der Waals surface area contributed by atoms with E-state index < -0.39 is 93.1 Å². The van der Waals surface area contributed by atoms with Gasteiger partial charge in [0.15, 0.2) is 9.75 Å². The molecule has 2 aliphatic carbocycles. The Morgan fingerprint density at radius 3 is 2.32 bits per heavy atom. The number of phenolic OH excluding ortho intramolecular Hbond substituents is 1. The maximum atomic E-state index is 14.3. The summed E-state index contributed by atoms with van der Waals surface area (Å²) in [4.78, 5) is 63.4. The first kappa shape index (κ1) is 32.8. The average Bonchev–Trinajstić information content (AvgIpc) is 3.32. The van der Waals surface area contributed by atoms with Crippen molar-refractivity contribution >= 4 is 58.5 Å². The van der Waals surface area contributed by atoms with Crippen molar-refractivity contribution in [2.24, 2.45) is 17.8 Å². The number of alkyl halides is 5. The van der Waals surface area contributed by atoms with Gasteiger partial charge in [0, 0.05) is 24.4 Å². The average molecular weight is 699 g/mol. The molecule has 1 saturated carbocycles. The lowest BCUT2D eigenvalue weighted by atomic mass is 9.56. The third kappa shape index (κ3) is 5.03. The van der Waals surface area contributed by atoms with Gasteiger partial charge >= 0.3 is 12.3 Å². The molecule has 6 unspecified atom stereocenters. The number of carbonyl (C=O) groups is 5. The van der Waals surface area contributed by atoms with E-state index in [9.17, 15) is 46.6 Å². The van der Waals surface area contributed by atoms with Crippen LogP contribution in [0.2, 0.25) is 0 Å². The fourth-order valence-electron chi connectivity index (χ4n) is 7.38. The number of ether oxygens (including phenoxy) is 1. The van der Waals surface area contributed by atoms with Crippen LogP contribution in [0.1, 0.15) is 37.2 Å². The van der Waals surface area contributed by atoms with E-state index in [0.29, 0.717) is 4.90 Å². The standard InChI is InChI=1S/C31H24Cl2F4N2O8/c32-29-13-20-17(8-9-18-23(20)26(44)38(25(18)43)11-1-2-22(41)42)24(19-12-16(7-10-21(19)40)47-31(35,36)37)30(29,33)28(46)39(27(29)45)15-5-3-14(34)4-6-15/h3-8,10,12,18,20,23-24,40H,1-2,9,11,13H2,(H,41,42). The maximum Gasteiger partial charge on any atom is 0.573 e. The Hall–Kier alpha value is -4.17. The summed E-state index contributed by atoms with van der Waals surface area (Å²) in [5.41, 5.74) is -0.287. The lowest BCUT2D eigenvalue weighted by molar-refractivity contribution is -0.274. The summed E-state index contributed by atoms with van der Waals surface area (Å²) in [6.07, 6.45) is -4.51. The molecule has 2 aliphatic heterocycles. The molecule has 6 rings (SSSR count). The van der Waals surface area contributed by atoms with Crippen LogP contribution in [0.5, 0.6) is 11.5 Å². The number of amides is 4. The first-order chi connectivity index (χ1) is 22.0. The van der Waals surface area contributed by atoms with E-state index in [2.05, 4.69) is 4.74 Å². The highest BCUT2D eigenvalue weighted by Crippen LogP contribution is 2.66. The molecule has 2 aromatic rings. The minimum atomic E-state index is -5.14. The number of carbonyl (C=O) groups excluding carboxylic acids is 4. The van der Waals surface area contributed by atoms with Crippen molar-refractivity contribution in [2.75, 3.05) is 11.4 Å². The van der Waals surface area contributed by atoms with Gasteiger partial charge in [-0.2, -0.15) is 0 Å². The Bertz CT molecular complexity index is 1750. The zero-order chi connectivity index (χ0) is 34.2. The van der Waals surface area contributed by atoms with Crippen LogP contribution >= 0.6 is 23.2 Å². The van der Waals surface area contributed by atoms with Crippen molar-refractivity contribution in [1.82, 2.24) is 4.90 Å². The quantitative estimate of drug-likeness (QED) is 0.181. The number of carboxylic acids is 1. The number of anilines is 1. The lowest BCUT2D eigenvalue weighted by Gasteiger charge is -2.50. The molecule has 0 spiro atoms. The predicted molar refractivity (Wildman–Crippen MR) is 155 cm³/mol. The van der Waals surface area contributed by atoms with Gasteiger partial charge in [-0.05, 0) is 67.6 Å². The molecule has 248 valence electrons. The molecule has 47 heavy (non-hydrogen) atoms. The Morgan fingerprint density at radius 2 is 1.68 bits per heavy atom. The molecule has 3 fully saturated rings. The molecule has 2 heterocycles. The molecule has 4 amide bonds. The molecule has 4 aliphatic rings. The number of hydrogen-bond acceptors (Lipinski definition) is 7. The van der Waals surface area contributed by atoms with Gasteiger partial charge in [0.05, 0.1) is 17.5 Å². The SMILES string of the molecule is O=C(O)CCCN1C(=O)C2CC=C3C(CC4(Cl)C(=O)N(c5ccc(F)cc5)C(=O)C4(Cl)C3c3cc(OC(F)(F)F)ccc3O)C2C1=O. The highest BCUT2D eigenvalue weighted by molar-refractivity contribution is 6.58. The van der Waals surface area contributed by atoms with Crippen LogP contribution in [0.25, 0.3) is 0 Å². The number of aromatic hydroxyl groups is 1. The number of aliphatic carboxylic acids is 1. The summed E-state index contributed by atoms with van der Waals surface area (Å²) < 4.78 is 57.5. The fraction of sp³-hybridized carbons (Fsp3) is 0.387. The third-order valence-corrected chi connectivity index (χ3v) is 10.7. The van der Waals surface area contributed by atoms with Crippen molar-refractivity contribution < 1.29 is 56.5 Å². The summed E-state index contributed by atoms with van der Waals surface area (Å²) in [6.45, 7) is -0.193. The van der Waals surface area contributed by atoms with Gasteiger partial charge in [-0.15, -0.1) is 36.4 Å². The number of likely N-dealkylation sites (tertiary alicyclic amines) is 1. The number of imide groups is 2. The molecular weight excluding hydrogens is 675 g/mol. The van der Waals surface area contributed by atoms with Crippen LogP contribution < -0.4 is 9.64 Å². The van der Waals surface area contributed by atoms with Gasteiger partial charge in [0.2, 0.25) is 11.8 Å². The van der Waals surface area contributed by atoms with Crippen LogP contribution in [0.4, 0.5) is 23.2 Å². The largest absolute Gasteiger partial charge is 0.573 e. The monoisotopic (exact) mass is 698 g/mol. The summed E-state index contributed by atoms with van der Waals surface area (Å²) in [5, 5.41) is 20.1. The van der Waals surface area contributed by atoms with Crippen LogP contribution in [-0.4, -0.2) is 67.4 Å². The van der Waals surface area contributed by atoms with Gasteiger partial charge in [0.1, 0.15) is 17.3 Å². The van der Waals surface area contributed by atoms with Gasteiger partial charge in [-0.3, -0.25) is 28.9 Å². The van der Waals surface area contributed by atoms with Crippen LogP contribution in [0.3, 0.4) is 0 Å². The van der Waals surface area contributed by atoms with E-state index in [1.807, 2.05) is 0 Å². The molecule has 2 N–H and O–H groups in total. The third-order valence-electron chi connectivity index (χ3n) is 9.30. The number of carboxylic acid groups (broad SMARTS) is 1. The van der Waals surface area contributed by atoms with Crippen molar-refractivity contribution in [2.45, 2.75) is 47.7 Å². The fourth-order valence-corrected chi connectivity index (χ4v) is 8.31. The number of benzene rings is 2. The Morgan fingerprint density at radius 1 is 1.00 bits per heavy atom. The normalized spacial score (nSPS) is 30.2. The van der Waals surface area contributed by atoms with Crippen LogP contribution in [0, 0.1) is 23.6 Å². The van der Waals surface area contributed by atoms with Gasteiger partial charge < -0.3 is 14.9 Å². The second-order valence-electron chi connectivity index (χ2n) is 11.8. The topological polar surface area (TPSA) is 142 Å². The first-order valence-electron chi connectivity index (χ1n) is 14.4. The zero-order valence-electron chi connectivity index (χ0n) is 24.0. The van der Waals surface area contributed by atoms with E-state index in [1.165, 1.54) is 6.08 Å². The highest BCUT2D eigenvalue weighted by atomic mass is 35.5. The number of allylic oxidation sites excluding steroid dienone is 2. The van der Waals surface area contributed by atoms with Crippen molar-refractivity contribution in [3.63, 3.8) is 0 Å². The Kier molecular flexibility index (Phi) is 7.82. The molecule has 2 aromatic carbocycles.